The number of amides is 1. The molecule has 0 aliphatic rings. The number of carbonyl (C=O) groups is 2. The Balaban J connectivity index is 1.61. The number of hydrogen-bond donors (Lipinski definition) is 1. The third kappa shape index (κ3) is 6.70. The van der Waals surface area contributed by atoms with E-state index in [1.165, 1.54) is 4.90 Å². The SMILES string of the molecule is CCCCC(=O)N(Cc1ccc(-c2ccccc2-c2nnn(C(C)(C)c3ccccc3)n2)cc1)[C@H](C(=O)O)C(C)C. The molecule has 0 saturated heterocycles. The molecule has 1 heterocycles. The molecule has 3 aromatic carbocycles. The van der Waals surface area contributed by atoms with Crippen molar-refractivity contribution in [2.24, 2.45) is 5.92 Å². The Morgan fingerprint density at radius 3 is 2.17 bits per heavy atom. The van der Waals surface area contributed by atoms with E-state index in [1.54, 1.807) is 4.80 Å². The van der Waals surface area contributed by atoms with Crippen LogP contribution >= 0.6 is 0 Å². The van der Waals surface area contributed by atoms with E-state index in [4.69, 9.17) is 5.10 Å². The molecular formula is C33H39N5O3. The zero-order valence-electron chi connectivity index (χ0n) is 24.5. The first-order valence-corrected chi connectivity index (χ1v) is 14.2. The van der Waals surface area contributed by atoms with Gasteiger partial charge in [0, 0.05) is 18.5 Å². The Labute approximate surface area is 242 Å². The van der Waals surface area contributed by atoms with E-state index in [1.807, 2.05) is 87.5 Å². The van der Waals surface area contributed by atoms with Crippen molar-refractivity contribution in [3.63, 3.8) is 0 Å². The van der Waals surface area contributed by atoms with Gasteiger partial charge < -0.3 is 10.0 Å². The minimum Gasteiger partial charge on any atom is -0.480 e. The van der Waals surface area contributed by atoms with Crippen LogP contribution in [0.4, 0.5) is 0 Å². The monoisotopic (exact) mass is 553 g/mol. The van der Waals surface area contributed by atoms with Gasteiger partial charge in [-0.1, -0.05) is 106 Å². The Morgan fingerprint density at radius 2 is 1.56 bits per heavy atom. The van der Waals surface area contributed by atoms with Gasteiger partial charge in [-0.25, -0.2) is 4.79 Å². The summed E-state index contributed by atoms with van der Waals surface area (Å²) in [4.78, 5) is 28.3. The summed E-state index contributed by atoms with van der Waals surface area (Å²) in [5.74, 6) is -0.791. The quantitative estimate of drug-likeness (QED) is 0.217. The summed E-state index contributed by atoms with van der Waals surface area (Å²) >= 11 is 0. The maximum Gasteiger partial charge on any atom is 0.326 e. The Kier molecular flexibility index (Phi) is 9.32. The Bertz CT molecular complexity index is 1460. The fraction of sp³-hybridized carbons (Fsp3) is 0.364. The molecule has 8 heteroatoms. The summed E-state index contributed by atoms with van der Waals surface area (Å²) in [6, 6.07) is 25.0. The minimum absolute atomic E-state index is 0.130. The average Bonchev–Trinajstić information content (AvgIpc) is 3.47. The van der Waals surface area contributed by atoms with Crippen LogP contribution in [0.1, 0.15) is 65.0 Å². The van der Waals surface area contributed by atoms with E-state index in [0.29, 0.717) is 12.2 Å². The zero-order chi connectivity index (χ0) is 29.6. The smallest absolute Gasteiger partial charge is 0.326 e. The number of nitrogens with zero attached hydrogens (tertiary/aromatic N) is 5. The lowest BCUT2D eigenvalue weighted by molar-refractivity contribution is -0.153. The number of benzene rings is 3. The molecule has 41 heavy (non-hydrogen) atoms. The van der Waals surface area contributed by atoms with Crippen LogP contribution in [0.5, 0.6) is 0 Å². The molecule has 0 unspecified atom stereocenters. The highest BCUT2D eigenvalue weighted by Gasteiger charge is 2.32. The van der Waals surface area contributed by atoms with Crippen molar-refractivity contribution in [2.75, 3.05) is 0 Å². The van der Waals surface area contributed by atoms with E-state index in [9.17, 15) is 14.7 Å². The summed E-state index contributed by atoms with van der Waals surface area (Å²) in [6.07, 6.45) is 1.95. The topological polar surface area (TPSA) is 101 Å². The van der Waals surface area contributed by atoms with Gasteiger partial charge in [-0.05, 0) is 53.7 Å². The molecule has 214 valence electrons. The highest BCUT2D eigenvalue weighted by Crippen LogP contribution is 2.31. The molecule has 1 aromatic heterocycles. The molecule has 0 radical (unpaired) electrons. The first-order chi connectivity index (χ1) is 19.6. The van der Waals surface area contributed by atoms with Crippen LogP contribution in [0.25, 0.3) is 22.5 Å². The van der Waals surface area contributed by atoms with Crippen molar-refractivity contribution in [3.8, 4) is 22.5 Å². The number of carboxylic acids is 1. The lowest BCUT2D eigenvalue weighted by Gasteiger charge is -2.32. The van der Waals surface area contributed by atoms with E-state index in [-0.39, 0.29) is 18.4 Å². The summed E-state index contributed by atoms with van der Waals surface area (Å²) in [7, 11) is 0. The van der Waals surface area contributed by atoms with Gasteiger partial charge in [0.25, 0.3) is 0 Å². The van der Waals surface area contributed by atoms with Crippen LogP contribution < -0.4 is 0 Å². The molecule has 0 aliphatic carbocycles. The van der Waals surface area contributed by atoms with Crippen LogP contribution in [-0.2, 0) is 21.7 Å². The van der Waals surface area contributed by atoms with Gasteiger partial charge in [-0.2, -0.15) is 4.80 Å². The first-order valence-electron chi connectivity index (χ1n) is 14.2. The molecule has 0 aliphatic heterocycles. The van der Waals surface area contributed by atoms with Gasteiger partial charge in [-0.15, -0.1) is 10.2 Å². The number of rotatable bonds is 12. The molecular weight excluding hydrogens is 514 g/mol. The fourth-order valence-electron chi connectivity index (χ4n) is 5.03. The molecule has 0 bridgehead atoms. The van der Waals surface area contributed by atoms with E-state index < -0.39 is 17.6 Å². The number of aliphatic carboxylic acids is 1. The normalized spacial score (nSPS) is 12.3. The Morgan fingerprint density at radius 1 is 0.927 bits per heavy atom. The zero-order valence-corrected chi connectivity index (χ0v) is 24.5. The molecule has 4 aromatic rings. The number of hydrogen-bond acceptors (Lipinski definition) is 5. The number of tetrazole rings is 1. The second-order valence-corrected chi connectivity index (χ2v) is 11.2. The summed E-state index contributed by atoms with van der Waals surface area (Å²) in [5, 5.41) is 23.5. The van der Waals surface area contributed by atoms with Crippen LogP contribution in [0.2, 0.25) is 0 Å². The summed E-state index contributed by atoms with van der Waals surface area (Å²) in [6.45, 7) is 10.1. The highest BCUT2D eigenvalue weighted by atomic mass is 16.4. The van der Waals surface area contributed by atoms with Crippen molar-refractivity contribution in [1.29, 1.82) is 0 Å². The number of unbranched alkanes of at least 4 members (excludes halogenated alkanes) is 1. The van der Waals surface area contributed by atoms with Gasteiger partial charge in [0.2, 0.25) is 11.7 Å². The molecule has 0 fully saturated rings. The van der Waals surface area contributed by atoms with Gasteiger partial charge in [0.15, 0.2) is 0 Å². The van der Waals surface area contributed by atoms with Crippen LogP contribution in [0.15, 0.2) is 78.9 Å². The van der Waals surface area contributed by atoms with Gasteiger partial charge in [-0.3, -0.25) is 4.79 Å². The third-order valence-corrected chi connectivity index (χ3v) is 7.46. The van der Waals surface area contributed by atoms with Gasteiger partial charge in [0.05, 0.1) is 0 Å². The second-order valence-electron chi connectivity index (χ2n) is 11.2. The predicted molar refractivity (Wildman–Crippen MR) is 160 cm³/mol. The summed E-state index contributed by atoms with van der Waals surface area (Å²) in [5.41, 5.74) is 4.25. The predicted octanol–water partition coefficient (Wildman–Crippen LogP) is 6.42. The highest BCUT2D eigenvalue weighted by molar-refractivity contribution is 5.84. The maximum atomic E-state index is 13.1. The van der Waals surface area contributed by atoms with Crippen LogP contribution in [-0.4, -0.2) is 48.1 Å². The standard InChI is InChI=1S/C33H39N5O3/c1-6-7-17-29(39)37(30(23(2)3)32(40)41)22-24-18-20-25(21-19-24)27-15-11-12-16-28(27)31-34-36-38(35-31)33(4,5)26-13-9-8-10-14-26/h8-16,18-21,23,30H,6-7,17,22H2,1-5H3,(H,40,41)/t30-/m0/s1. The molecule has 1 N–H and O–H groups in total. The molecule has 8 nitrogen and oxygen atoms in total. The number of carbonyl (C=O) groups excluding carboxylic acids is 1. The van der Waals surface area contributed by atoms with Gasteiger partial charge in [0.1, 0.15) is 11.6 Å². The van der Waals surface area contributed by atoms with Crippen molar-refractivity contribution in [2.45, 2.75) is 72.0 Å². The van der Waals surface area contributed by atoms with Crippen molar-refractivity contribution in [1.82, 2.24) is 25.1 Å². The van der Waals surface area contributed by atoms with E-state index in [2.05, 4.69) is 36.3 Å². The molecule has 0 spiro atoms. The van der Waals surface area contributed by atoms with E-state index in [0.717, 1.165) is 40.7 Å². The minimum atomic E-state index is -0.980. The lowest BCUT2D eigenvalue weighted by Crippen LogP contribution is -2.47. The third-order valence-electron chi connectivity index (χ3n) is 7.46. The number of aromatic nitrogens is 4. The molecule has 1 atom stereocenters. The molecule has 0 saturated carbocycles. The van der Waals surface area contributed by atoms with Gasteiger partial charge >= 0.3 is 5.97 Å². The number of carboxylic acid groups (broad SMARTS) is 1. The first kappa shape index (κ1) is 29.6. The molecule has 4 rings (SSSR count). The second kappa shape index (κ2) is 12.9. The fourth-order valence-corrected chi connectivity index (χ4v) is 5.03. The largest absolute Gasteiger partial charge is 0.480 e. The van der Waals surface area contributed by atoms with Crippen LogP contribution in [0, 0.1) is 5.92 Å². The molecule has 1 amide bonds. The Hall–Kier alpha value is -4.33. The summed E-state index contributed by atoms with van der Waals surface area (Å²) < 4.78 is 0. The van der Waals surface area contributed by atoms with Crippen molar-refractivity contribution in [3.05, 3.63) is 90.0 Å². The maximum absolute atomic E-state index is 13.1. The van der Waals surface area contributed by atoms with Crippen molar-refractivity contribution >= 4 is 11.9 Å². The van der Waals surface area contributed by atoms with Crippen molar-refractivity contribution < 1.29 is 14.7 Å². The van der Waals surface area contributed by atoms with Crippen LogP contribution in [0.3, 0.4) is 0 Å². The average molecular weight is 554 g/mol. The van der Waals surface area contributed by atoms with E-state index >= 15 is 0 Å². The lowest BCUT2D eigenvalue weighted by atomic mass is 9.95.